The molecule has 0 saturated carbocycles. The third kappa shape index (κ3) is 3.66. The van der Waals surface area contributed by atoms with Crippen molar-refractivity contribution in [2.24, 2.45) is 0 Å². The molecule has 0 aliphatic heterocycles. The predicted octanol–water partition coefficient (Wildman–Crippen LogP) is 3.76. The molecule has 0 aliphatic carbocycles. The van der Waals surface area contributed by atoms with Crippen molar-refractivity contribution in [3.05, 3.63) is 22.2 Å². The topological polar surface area (TPSA) is 94.1 Å². The summed E-state index contributed by atoms with van der Waals surface area (Å²) < 4.78 is 4.58. The summed E-state index contributed by atoms with van der Waals surface area (Å²) in [6.07, 6.45) is 3.32. The Morgan fingerprint density at radius 2 is 1.95 bits per heavy atom. The Hall–Kier alpha value is -2.18. The summed E-state index contributed by atoms with van der Waals surface area (Å²) in [5, 5.41) is 21.3. The second-order valence-corrected chi connectivity index (χ2v) is 3.98. The fourth-order valence-corrected chi connectivity index (χ4v) is 1.74. The van der Waals surface area contributed by atoms with Gasteiger partial charge in [0.1, 0.15) is 0 Å². The van der Waals surface area contributed by atoms with E-state index in [0.29, 0.717) is 11.2 Å². The Kier molecular flexibility index (Phi) is 6.42. The maximum absolute atomic E-state index is 10.8. The van der Waals surface area contributed by atoms with Crippen LogP contribution in [0.1, 0.15) is 40.0 Å². The summed E-state index contributed by atoms with van der Waals surface area (Å²) in [5.74, 6) is 0. The van der Waals surface area contributed by atoms with Crippen molar-refractivity contribution >= 4 is 22.4 Å². The maximum Gasteiger partial charge on any atom is 0.300 e. The Morgan fingerprint density at radius 3 is 2.60 bits per heavy atom. The van der Waals surface area contributed by atoms with Gasteiger partial charge in [0.2, 0.25) is 5.52 Å². The molecule has 0 aliphatic rings. The molecular weight excluding hydrogens is 260 g/mol. The zero-order valence-corrected chi connectivity index (χ0v) is 12.0. The average molecular weight is 280 g/mol. The van der Waals surface area contributed by atoms with Crippen LogP contribution in [0.15, 0.2) is 16.8 Å². The third-order valence-corrected chi connectivity index (χ3v) is 2.69. The van der Waals surface area contributed by atoms with Gasteiger partial charge in [0.25, 0.3) is 0 Å². The first kappa shape index (κ1) is 15.9. The molecule has 0 unspecified atom stereocenters. The van der Waals surface area contributed by atoms with Crippen molar-refractivity contribution in [3.63, 3.8) is 0 Å². The molecule has 1 aromatic heterocycles. The zero-order valence-electron chi connectivity index (χ0n) is 12.0. The van der Waals surface area contributed by atoms with Crippen LogP contribution in [0.5, 0.6) is 0 Å². The van der Waals surface area contributed by atoms with E-state index in [1.807, 2.05) is 13.8 Å². The number of nitro benzene ring substituents is 1. The minimum atomic E-state index is -0.493. The third-order valence-electron chi connectivity index (χ3n) is 2.69. The number of hydrogen-bond acceptors (Lipinski definition) is 6. The summed E-state index contributed by atoms with van der Waals surface area (Å²) in [7, 11) is 0. The summed E-state index contributed by atoms with van der Waals surface area (Å²) in [6, 6.07) is 3.05. The summed E-state index contributed by atoms with van der Waals surface area (Å²) in [6.45, 7) is 6.93. The lowest BCUT2D eigenvalue weighted by atomic mass is 10.2. The van der Waals surface area contributed by atoms with Gasteiger partial charge in [-0.2, -0.15) is 0 Å². The SMILES string of the molecule is CC.CCCCCNc1ccc([N+](=O)[O-])c2nonc12. The van der Waals surface area contributed by atoms with Crippen molar-refractivity contribution in [2.45, 2.75) is 40.0 Å². The van der Waals surface area contributed by atoms with E-state index >= 15 is 0 Å². The van der Waals surface area contributed by atoms with Gasteiger partial charge in [-0.25, -0.2) is 4.63 Å². The largest absolute Gasteiger partial charge is 0.383 e. The molecular formula is C13H20N4O3. The molecule has 20 heavy (non-hydrogen) atoms. The molecule has 2 aromatic rings. The number of nitrogens with zero attached hydrogens (tertiary/aromatic N) is 3. The smallest absolute Gasteiger partial charge is 0.300 e. The van der Waals surface area contributed by atoms with Crippen LogP contribution in [0.25, 0.3) is 11.0 Å². The number of anilines is 1. The predicted molar refractivity (Wildman–Crippen MR) is 77.8 cm³/mol. The number of hydrogen-bond donors (Lipinski definition) is 1. The second-order valence-electron chi connectivity index (χ2n) is 3.98. The fraction of sp³-hybridized carbons (Fsp3) is 0.538. The minimum absolute atomic E-state index is 0.0923. The number of nitrogens with one attached hydrogen (secondary N) is 1. The molecule has 0 saturated heterocycles. The van der Waals surface area contributed by atoms with E-state index in [9.17, 15) is 10.1 Å². The molecule has 0 radical (unpaired) electrons. The number of unbranched alkanes of at least 4 members (excludes halogenated alkanes) is 2. The monoisotopic (exact) mass is 280 g/mol. The van der Waals surface area contributed by atoms with Crippen LogP contribution >= 0.6 is 0 Å². The molecule has 1 N–H and O–H groups in total. The van der Waals surface area contributed by atoms with Crippen molar-refractivity contribution in [1.29, 1.82) is 0 Å². The highest BCUT2D eigenvalue weighted by molar-refractivity contribution is 5.93. The number of nitro groups is 1. The van der Waals surface area contributed by atoms with Crippen molar-refractivity contribution < 1.29 is 9.55 Å². The number of non-ortho nitro benzene ring substituents is 1. The minimum Gasteiger partial charge on any atom is -0.383 e. The Morgan fingerprint density at radius 1 is 1.25 bits per heavy atom. The summed E-state index contributed by atoms with van der Waals surface area (Å²) in [4.78, 5) is 10.3. The van der Waals surface area contributed by atoms with Gasteiger partial charge in [-0.1, -0.05) is 33.6 Å². The Bertz CT molecular complexity index is 554. The normalized spacial score (nSPS) is 9.95. The average Bonchev–Trinajstić information content (AvgIpc) is 2.95. The molecule has 0 atom stereocenters. The first-order valence-corrected chi connectivity index (χ1v) is 6.87. The molecule has 0 spiro atoms. The van der Waals surface area contributed by atoms with E-state index < -0.39 is 4.92 Å². The molecule has 110 valence electrons. The van der Waals surface area contributed by atoms with Gasteiger partial charge >= 0.3 is 5.69 Å². The highest BCUT2D eigenvalue weighted by atomic mass is 16.6. The van der Waals surface area contributed by atoms with Gasteiger partial charge in [-0.05, 0) is 22.8 Å². The molecule has 0 fully saturated rings. The van der Waals surface area contributed by atoms with E-state index in [0.717, 1.165) is 25.8 Å². The molecule has 7 heteroatoms. The molecule has 2 rings (SSSR count). The number of rotatable bonds is 6. The molecule has 1 aromatic carbocycles. The van der Waals surface area contributed by atoms with E-state index in [4.69, 9.17) is 0 Å². The van der Waals surface area contributed by atoms with Gasteiger partial charge in [0, 0.05) is 12.6 Å². The van der Waals surface area contributed by atoms with Crippen LogP contribution in [0, 0.1) is 10.1 Å². The van der Waals surface area contributed by atoms with Crippen molar-refractivity contribution in [1.82, 2.24) is 10.3 Å². The summed E-state index contributed by atoms with van der Waals surface area (Å²) >= 11 is 0. The van der Waals surface area contributed by atoms with Crippen LogP contribution in [0.2, 0.25) is 0 Å². The van der Waals surface area contributed by atoms with Gasteiger partial charge < -0.3 is 5.32 Å². The van der Waals surface area contributed by atoms with Crippen LogP contribution in [0.3, 0.4) is 0 Å². The Balaban J connectivity index is 0.000000956. The van der Waals surface area contributed by atoms with Crippen LogP contribution < -0.4 is 5.32 Å². The second kappa shape index (κ2) is 8.08. The van der Waals surface area contributed by atoms with Gasteiger partial charge in [-0.3, -0.25) is 10.1 Å². The van der Waals surface area contributed by atoms with E-state index in [-0.39, 0.29) is 11.2 Å². The lowest BCUT2D eigenvalue weighted by molar-refractivity contribution is -0.383. The lowest BCUT2D eigenvalue weighted by Crippen LogP contribution is -2.02. The number of fused-ring (bicyclic) bond motifs is 1. The fourth-order valence-electron chi connectivity index (χ4n) is 1.74. The quantitative estimate of drug-likeness (QED) is 0.492. The van der Waals surface area contributed by atoms with Crippen LogP contribution in [0.4, 0.5) is 11.4 Å². The highest BCUT2D eigenvalue weighted by Crippen LogP contribution is 2.28. The highest BCUT2D eigenvalue weighted by Gasteiger charge is 2.19. The molecule has 0 amide bonds. The van der Waals surface area contributed by atoms with Crippen LogP contribution in [-0.4, -0.2) is 21.8 Å². The van der Waals surface area contributed by atoms with Gasteiger partial charge in [-0.15, -0.1) is 0 Å². The first-order valence-electron chi connectivity index (χ1n) is 6.87. The van der Waals surface area contributed by atoms with Crippen molar-refractivity contribution in [2.75, 3.05) is 11.9 Å². The first-order chi connectivity index (χ1) is 9.74. The van der Waals surface area contributed by atoms with Crippen LogP contribution in [-0.2, 0) is 0 Å². The molecule has 7 nitrogen and oxygen atoms in total. The number of aromatic nitrogens is 2. The Labute approximate surface area is 117 Å². The van der Waals surface area contributed by atoms with E-state index in [1.54, 1.807) is 6.07 Å². The van der Waals surface area contributed by atoms with Gasteiger partial charge in [0.05, 0.1) is 10.6 Å². The maximum atomic E-state index is 10.8. The standard InChI is InChI=1S/C11H14N4O3.C2H6/c1-2-3-4-7-12-8-5-6-9(15(16)17)11-10(8)13-18-14-11;1-2/h5-6,12H,2-4,7H2,1H3;1-2H3. The number of benzene rings is 1. The van der Waals surface area contributed by atoms with Gasteiger partial charge in [0.15, 0.2) is 5.52 Å². The van der Waals surface area contributed by atoms with E-state index in [2.05, 4.69) is 27.2 Å². The zero-order chi connectivity index (χ0) is 15.0. The van der Waals surface area contributed by atoms with Crippen molar-refractivity contribution in [3.8, 4) is 0 Å². The van der Waals surface area contributed by atoms with E-state index in [1.165, 1.54) is 6.07 Å². The summed E-state index contributed by atoms with van der Waals surface area (Å²) in [5.41, 5.74) is 1.21. The molecule has 0 bridgehead atoms. The lowest BCUT2D eigenvalue weighted by Gasteiger charge is -2.05. The molecule has 1 heterocycles.